The van der Waals surface area contributed by atoms with E-state index in [4.69, 9.17) is 25.8 Å². The number of rotatable bonds is 9. The molecule has 0 fully saturated rings. The first-order chi connectivity index (χ1) is 17.9. The molecule has 3 aromatic carbocycles. The van der Waals surface area contributed by atoms with Crippen LogP contribution < -0.4 is 24.8 Å². The Morgan fingerprint density at radius 3 is 2.30 bits per heavy atom. The van der Waals surface area contributed by atoms with Crippen LogP contribution in [0.25, 0.3) is 11.3 Å². The highest BCUT2D eigenvalue weighted by Crippen LogP contribution is 2.40. The fraction of sp³-hybridized carbons (Fsp3) is 0.148. The fourth-order valence-corrected chi connectivity index (χ4v) is 3.89. The van der Waals surface area contributed by atoms with Gasteiger partial charge < -0.3 is 24.8 Å². The number of nitrogens with zero attached hydrogens (tertiary/aromatic N) is 1. The van der Waals surface area contributed by atoms with Gasteiger partial charge in [0.1, 0.15) is 0 Å². The van der Waals surface area contributed by atoms with Crippen molar-refractivity contribution in [2.24, 2.45) is 0 Å². The van der Waals surface area contributed by atoms with Gasteiger partial charge in [-0.2, -0.15) is 5.10 Å². The van der Waals surface area contributed by atoms with E-state index in [0.717, 1.165) is 0 Å². The van der Waals surface area contributed by atoms with Gasteiger partial charge in [0.25, 0.3) is 5.91 Å². The van der Waals surface area contributed by atoms with Crippen LogP contribution >= 0.6 is 11.6 Å². The molecule has 37 heavy (non-hydrogen) atoms. The van der Waals surface area contributed by atoms with E-state index in [2.05, 4.69) is 20.8 Å². The Labute approximate surface area is 218 Å². The SMILES string of the molecule is COc1cc(NC(=O)c2cccc(-c3cc(CC(=O)Nc4ccccc4Cl)[nH]n3)c2)cc(OC)c1OC. The highest BCUT2D eigenvalue weighted by atomic mass is 35.5. The van der Waals surface area contributed by atoms with Crippen molar-refractivity contribution in [2.75, 3.05) is 32.0 Å². The van der Waals surface area contributed by atoms with Gasteiger partial charge in [-0.3, -0.25) is 14.7 Å². The zero-order valence-corrected chi connectivity index (χ0v) is 21.2. The average Bonchev–Trinajstić information content (AvgIpc) is 3.37. The summed E-state index contributed by atoms with van der Waals surface area (Å²) in [6.07, 6.45) is 0.0829. The second kappa shape index (κ2) is 11.5. The van der Waals surface area contributed by atoms with E-state index in [9.17, 15) is 9.59 Å². The average molecular weight is 521 g/mol. The van der Waals surface area contributed by atoms with Crippen molar-refractivity contribution in [3.05, 3.63) is 83.0 Å². The number of methoxy groups -OCH3 is 3. The second-order valence-corrected chi connectivity index (χ2v) is 8.34. The van der Waals surface area contributed by atoms with Gasteiger partial charge in [0, 0.05) is 34.6 Å². The molecule has 2 amide bonds. The molecule has 0 bridgehead atoms. The van der Waals surface area contributed by atoms with Crippen LogP contribution in [-0.2, 0) is 11.2 Å². The number of para-hydroxylation sites is 1. The summed E-state index contributed by atoms with van der Waals surface area (Å²) in [7, 11) is 4.52. The number of aromatic amines is 1. The third-order valence-electron chi connectivity index (χ3n) is 5.47. The molecule has 9 nitrogen and oxygen atoms in total. The lowest BCUT2D eigenvalue weighted by molar-refractivity contribution is -0.115. The van der Waals surface area contributed by atoms with Crippen LogP contribution in [0, 0.1) is 0 Å². The van der Waals surface area contributed by atoms with E-state index >= 15 is 0 Å². The largest absolute Gasteiger partial charge is 0.493 e. The van der Waals surface area contributed by atoms with Crippen LogP contribution in [0.3, 0.4) is 0 Å². The smallest absolute Gasteiger partial charge is 0.255 e. The van der Waals surface area contributed by atoms with Gasteiger partial charge in [-0.1, -0.05) is 35.9 Å². The predicted octanol–water partition coefficient (Wildman–Crippen LogP) is 5.19. The first-order valence-corrected chi connectivity index (χ1v) is 11.6. The Hall–Kier alpha value is -4.50. The van der Waals surface area contributed by atoms with Gasteiger partial charge in [-0.25, -0.2) is 0 Å². The third kappa shape index (κ3) is 6.02. The minimum atomic E-state index is -0.328. The van der Waals surface area contributed by atoms with Gasteiger partial charge in [-0.05, 0) is 30.3 Å². The van der Waals surface area contributed by atoms with Crippen molar-refractivity contribution >= 4 is 34.8 Å². The molecule has 0 unspecified atom stereocenters. The molecule has 190 valence electrons. The van der Waals surface area contributed by atoms with Crippen LogP contribution in [-0.4, -0.2) is 43.3 Å². The Kier molecular flexibility index (Phi) is 7.95. The summed E-state index contributed by atoms with van der Waals surface area (Å²) >= 11 is 6.11. The van der Waals surface area contributed by atoms with Crippen LogP contribution in [0.4, 0.5) is 11.4 Å². The number of hydrogen-bond donors (Lipinski definition) is 3. The standard InChI is InChI=1S/C27H25ClN4O5/c1-35-23-13-18(14-24(36-2)26(23)37-3)29-27(34)17-8-6-7-16(11-17)22-12-19(31-32-22)15-25(33)30-21-10-5-4-9-20(21)28/h4-14H,15H2,1-3H3,(H,29,34)(H,30,33)(H,31,32). The van der Waals surface area contributed by atoms with Crippen molar-refractivity contribution in [3.63, 3.8) is 0 Å². The lowest BCUT2D eigenvalue weighted by Crippen LogP contribution is -2.14. The summed E-state index contributed by atoms with van der Waals surface area (Å²) in [5.74, 6) is 0.717. The van der Waals surface area contributed by atoms with E-state index < -0.39 is 0 Å². The zero-order valence-electron chi connectivity index (χ0n) is 20.4. The molecule has 0 saturated heterocycles. The first kappa shape index (κ1) is 25.6. The van der Waals surface area contributed by atoms with Crippen molar-refractivity contribution < 1.29 is 23.8 Å². The molecular formula is C27H25ClN4O5. The number of halogens is 1. The molecule has 10 heteroatoms. The number of aromatic nitrogens is 2. The molecule has 0 aliphatic heterocycles. The molecule has 3 N–H and O–H groups in total. The van der Waals surface area contributed by atoms with Crippen molar-refractivity contribution in [1.82, 2.24) is 10.2 Å². The van der Waals surface area contributed by atoms with E-state index in [1.54, 1.807) is 60.7 Å². The summed E-state index contributed by atoms with van der Waals surface area (Å²) in [6, 6.07) is 19.1. The summed E-state index contributed by atoms with van der Waals surface area (Å²) in [5, 5.41) is 13.3. The molecule has 4 aromatic rings. The topological polar surface area (TPSA) is 115 Å². The number of carbonyl (C=O) groups is 2. The number of nitrogens with one attached hydrogen (secondary N) is 3. The van der Waals surface area contributed by atoms with E-state index in [1.165, 1.54) is 21.3 Å². The summed E-state index contributed by atoms with van der Waals surface area (Å²) in [6.45, 7) is 0. The minimum absolute atomic E-state index is 0.0829. The molecule has 4 rings (SSSR count). The molecule has 0 aliphatic rings. The lowest BCUT2D eigenvalue weighted by Gasteiger charge is -2.14. The maximum atomic E-state index is 13.0. The highest BCUT2D eigenvalue weighted by molar-refractivity contribution is 6.33. The van der Waals surface area contributed by atoms with Crippen LogP contribution in [0.15, 0.2) is 66.7 Å². The van der Waals surface area contributed by atoms with Crippen molar-refractivity contribution in [2.45, 2.75) is 6.42 Å². The molecule has 1 heterocycles. The van der Waals surface area contributed by atoms with Gasteiger partial charge in [0.05, 0.1) is 44.2 Å². The van der Waals surface area contributed by atoms with Gasteiger partial charge in [0.15, 0.2) is 11.5 Å². The molecular weight excluding hydrogens is 496 g/mol. The van der Waals surface area contributed by atoms with Crippen molar-refractivity contribution in [1.29, 1.82) is 0 Å². The van der Waals surface area contributed by atoms with Gasteiger partial charge in [0.2, 0.25) is 11.7 Å². The number of hydrogen-bond acceptors (Lipinski definition) is 6. The van der Waals surface area contributed by atoms with E-state index in [1.807, 2.05) is 6.07 Å². The Balaban J connectivity index is 1.47. The number of benzene rings is 3. The molecule has 0 spiro atoms. The minimum Gasteiger partial charge on any atom is -0.493 e. The van der Waals surface area contributed by atoms with Crippen LogP contribution in [0.1, 0.15) is 16.1 Å². The predicted molar refractivity (Wildman–Crippen MR) is 142 cm³/mol. The van der Waals surface area contributed by atoms with Gasteiger partial charge in [-0.15, -0.1) is 0 Å². The second-order valence-electron chi connectivity index (χ2n) is 7.93. The highest BCUT2D eigenvalue weighted by Gasteiger charge is 2.16. The molecule has 0 saturated carbocycles. The molecule has 0 aliphatic carbocycles. The maximum absolute atomic E-state index is 13.0. The number of anilines is 2. The summed E-state index contributed by atoms with van der Waals surface area (Å²) in [5.41, 5.74) is 3.38. The first-order valence-electron chi connectivity index (χ1n) is 11.2. The zero-order chi connectivity index (χ0) is 26.4. The quantitative estimate of drug-likeness (QED) is 0.280. The van der Waals surface area contributed by atoms with E-state index in [0.29, 0.717) is 56.2 Å². The van der Waals surface area contributed by atoms with Crippen LogP contribution in [0.2, 0.25) is 5.02 Å². The summed E-state index contributed by atoms with van der Waals surface area (Å²) in [4.78, 5) is 25.4. The molecule has 1 aromatic heterocycles. The fourth-order valence-electron chi connectivity index (χ4n) is 3.71. The third-order valence-corrected chi connectivity index (χ3v) is 5.80. The lowest BCUT2D eigenvalue weighted by atomic mass is 10.1. The number of ether oxygens (including phenoxy) is 3. The van der Waals surface area contributed by atoms with Crippen molar-refractivity contribution in [3.8, 4) is 28.5 Å². The van der Waals surface area contributed by atoms with Gasteiger partial charge >= 0.3 is 0 Å². The monoisotopic (exact) mass is 520 g/mol. The number of H-pyrrole nitrogens is 1. The Morgan fingerprint density at radius 2 is 1.62 bits per heavy atom. The normalized spacial score (nSPS) is 10.5. The molecule has 0 atom stereocenters. The number of amides is 2. The van der Waals surface area contributed by atoms with Crippen LogP contribution in [0.5, 0.6) is 17.2 Å². The number of carbonyl (C=O) groups excluding carboxylic acids is 2. The summed E-state index contributed by atoms with van der Waals surface area (Å²) < 4.78 is 16.0. The Morgan fingerprint density at radius 1 is 0.892 bits per heavy atom. The maximum Gasteiger partial charge on any atom is 0.255 e. The van der Waals surface area contributed by atoms with E-state index in [-0.39, 0.29) is 18.2 Å². The molecule has 0 radical (unpaired) electrons. The Bertz CT molecular complexity index is 1410.